The Hall–Kier alpha value is -1.84. The molecule has 0 saturated carbocycles. The lowest BCUT2D eigenvalue weighted by Gasteiger charge is -2.38. The molecular formula is C16H21NO3. The van der Waals surface area contributed by atoms with Crippen LogP contribution in [-0.4, -0.2) is 23.5 Å². The van der Waals surface area contributed by atoms with E-state index >= 15 is 0 Å². The number of ketones is 1. The van der Waals surface area contributed by atoms with E-state index in [0.29, 0.717) is 11.3 Å². The fourth-order valence-electron chi connectivity index (χ4n) is 2.38. The maximum atomic E-state index is 12.4. The molecule has 2 rings (SSSR count). The van der Waals surface area contributed by atoms with E-state index in [1.165, 1.54) is 0 Å². The average molecular weight is 275 g/mol. The summed E-state index contributed by atoms with van der Waals surface area (Å²) in [5, 5.41) is 0. The van der Waals surface area contributed by atoms with Crippen molar-refractivity contribution in [3.05, 3.63) is 29.8 Å². The molecule has 0 bridgehead atoms. The largest absolute Gasteiger partial charge is 0.443 e. The molecule has 0 aliphatic carbocycles. The van der Waals surface area contributed by atoms with Crippen LogP contribution in [0, 0.1) is 5.92 Å². The maximum absolute atomic E-state index is 12.4. The number of para-hydroxylation sites is 1. The molecule has 1 aliphatic heterocycles. The number of fused-ring (bicyclic) bond motifs is 1. The zero-order valence-electron chi connectivity index (χ0n) is 12.6. The van der Waals surface area contributed by atoms with E-state index in [1.807, 2.05) is 46.8 Å². The smallest absolute Gasteiger partial charge is 0.415 e. The van der Waals surface area contributed by atoms with E-state index < -0.39 is 11.7 Å². The van der Waals surface area contributed by atoms with Crippen LogP contribution in [0.1, 0.15) is 45.0 Å². The van der Waals surface area contributed by atoms with Crippen LogP contribution in [0.2, 0.25) is 0 Å². The number of hydrogen-bond donors (Lipinski definition) is 0. The highest BCUT2D eigenvalue weighted by molar-refractivity contribution is 6.09. The zero-order chi connectivity index (χ0) is 15.1. The van der Waals surface area contributed by atoms with Crippen molar-refractivity contribution < 1.29 is 14.3 Å². The van der Waals surface area contributed by atoms with E-state index in [0.717, 1.165) is 0 Å². The van der Waals surface area contributed by atoms with Gasteiger partial charge >= 0.3 is 6.09 Å². The molecule has 0 aromatic heterocycles. The van der Waals surface area contributed by atoms with Crippen molar-refractivity contribution in [1.82, 2.24) is 0 Å². The first-order chi connectivity index (χ1) is 9.22. The molecule has 1 aromatic rings. The molecule has 2 unspecified atom stereocenters. The minimum atomic E-state index is -0.559. The van der Waals surface area contributed by atoms with Crippen molar-refractivity contribution in [2.45, 2.75) is 46.3 Å². The second-order valence-corrected chi connectivity index (χ2v) is 6.26. The predicted octanol–water partition coefficient (Wildman–Crippen LogP) is 3.65. The Morgan fingerprint density at radius 1 is 1.20 bits per heavy atom. The molecule has 0 N–H and O–H groups in total. The molecule has 20 heavy (non-hydrogen) atoms. The molecule has 108 valence electrons. The Morgan fingerprint density at radius 3 is 2.40 bits per heavy atom. The summed E-state index contributed by atoms with van der Waals surface area (Å²) in [5.41, 5.74) is 0.664. The Balaban J connectivity index is 2.44. The van der Waals surface area contributed by atoms with E-state index in [4.69, 9.17) is 4.74 Å². The Kier molecular flexibility index (Phi) is 3.59. The first kappa shape index (κ1) is 14.6. The number of ether oxygens (including phenoxy) is 1. The van der Waals surface area contributed by atoms with Gasteiger partial charge in [0.2, 0.25) is 0 Å². The molecule has 1 heterocycles. The highest BCUT2D eigenvalue weighted by atomic mass is 16.6. The van der Waals surface area contributed by atoms with Gasteiger partial charge in [-0.25, -0.2) is 4.79 Å². The van der Waals surface area contributed by atoms with Crippen LogP contribution in [0.15, 0.2) is 24.3 Å². The highest BCUT2D eigenvalue weighted by Gasteiger charge is 2.39. The van der Waals surface area contributed by atoms with Crippen molar-refractivity contribution in [2.75, 3.05) is 4.90 Å². The van der Waals surface area contributed by atoms with Gasteiger partial charge in [0.1, 0.15) is 5.60 Å². The van der Waals surface area contributed by atoms with Crippen molar-refractivity contribution in [3.8, 4) is 0 Å². The summed E-state index contributed by atoms with van der Waals surface area (Å²) < 4.78 is 5.46. The summed E-state index contributed by atoms with van der Waals surface area (Å²) in [6, 6.07) is 6.97. The van der Waals surface area contributed by atoms with Crippen LogP contribution < -0.4 is 4.90 Å². The fourth-order valence-corrected chi connectivity index (χ4v) is 2.38. The molecule has 0 spiro atoms. The summed E-state index contributed by atoms with van der Waals surface area (Å²) in [4.78, 5) is 26.3. The van der Waals surface area contributed by atoms with Gasteiger partial charge in [-0.1, -0.05) is 19.1 Å². The molecular weight excluding hydrogens is 254 g/mol. The third kappa shape index (κ3) is 2.55. The zero-order valence-corrected chi connectivity index (χ0v) is 12.6. The van der Waals surface area contributed by atoms with Gasteiger partial charge in [0.15, 0.2) is 5.78 Å². The van der Waals surface area contributed by atoms with E-state index in [-0.39, 0.29) is 17.7 Å². The summed E-state index contributed by atoms with van der Waals surface area (Å²) >= 11 is 0. The lowest BCUT2D eigenvalue weighted by molar-refractivity contribution is 0.0551. The Bertz CT molecular complexity index is 545. The number of carbonyl (C=O) groups is 2. The topological polar surface area (TPSA) is 46.6 Å². The third-order valence-corrected chi connectivity index (χ3v) is 3.56. The molecule has 1 aliphatic rings. The number of benzene rings is 1. The normalized spacial score (nSPS) is 22.4. The molecule has 0 radical (unpaired) electrons. The third-order valence-electron chi connectivity index (χ3n) is 3.56. The summed E-state index contributed by atoms with van der Waals surface area (Å²) in [5.74, 6) is -0.162. The number of rotatable bonds is 0. The Morgan fingerprint density at radius 2 is 1.80 bits per heavy atom. The summed E-state index contributed by atoms with van der Waals surface area (Å²) in [7, 11) is 0. The number of carbonyl (C=O) groups excluding carboxylic acids is 2. The van der Waals surface area contributed by atoms with Crippen LogP contribution in [-0.2, 0) is 4.74 Å². The van der Waals surface area contributed by atoms with Gasteiger partial charge in [0.25, 0.3) is 0 Å². The molecule has 4 nitrogen and oxygen atoms in total. The second-order valence-electron chi connectivity index (χ2n) is 6.26. The van der Waals surface area contributed by atoms with Crippen LogP contribution in [0.3, 0.4) is 0 Å². The van der Waals surface area contributed by atoms with Gasteiger partial charge in [-0.05, 0) is 39.8 Å². The predicted molar refractivity (Wildman–Crippen MR) is 78.1 cm³/mol. The van der Waals surface area contributed by atoms with Crippen molar-refractivity contribution in [1.29, 1.82) is 0 Å². The lowest BCUT2D eigenvalue weighted by atomic mass is 9.87. The molecule has 1 amide bonds. The van der Waals surface area contributed by atoms with Crippen LogP contribution in [0.4, 0.5) is 10.5 Å². The number of nitrogens with zero attached hydrogens (tertiary/aromatic N) is 1. The molecule has 2 atom stereocenters. The van der Waals surface area contributed by atoms with E-state index in [2.05, 4.69) is 0 Å². The van der Waals surface area contributed by atoms with Gasteiger partial charge in [-0.15, -0.1) is 0 Å². The van der Waals surface area contributed by atoms with Crippen molar-refractivity contribution >= 4 is 17.6 Å². The Labute approximate surface area is 119 Å². The number of Topliss-reactive ketones (excluding diaryl/α,β-unsaturated/α-hetero) is 1. The number of hydrogen-bond acceptors (Lipinski definition) is 3. The quantitative estimate of drug-likeness (QED) is 0.726. The van der Waals surface area contributed by atoms with Crippen LogP contribution in [0.25, 0.3) is 0 Å². The summed E-state index contributed by atoms with van der Waals surface area (Å²) in [6.07, 6.45) is -0.406. The SMILES string of the molecule is CC1C(=O)c2ccccc2N(C(=O)OC(C)(C)C)C1C. The van der Waals surface area contributed by atoms with Gasteiger partial charge in [-0.3, -0.25) is 9.69 Å². The minimum absolute atomic E-state index is 0.0768. The second kappa shape index (κ2) is 4.93. The van der Waals surface area contributed by atoms with E-state index in [1.54, 1.807) is 17.0 Å². The lowest BCUT2D eigenvalue weighted by Crippen LogP contribution is -2.50. The van der Waals surface area contributed by atoms with Gasteiger partial charge < -0.3 is 4.74 Å². The first-order valence-corrected chi connectivity index (χ1v) is 6.88. The van der Waals surface area contributed by atoms with Gasteiger partial charge in [0, 0.05) is 17.5 Å². The van der Waals surface area contributed by atoms with Gasteiger partial charge in [-0.2, -0.15) is 0 Å². The van der Waals surface area contributed by atoms with Crippen LogP contribution >= 0.6 is 0 Å². The first-order valence-electron chi connectivity index (χ1n) is 6.88. The van der Waals surface area contributed by atoms with Crippen molar-refractivity contribution in [2.24, 2.45) is 5.92 Å². The molecule has 4 heteroatoms. The maximum Gasteiger partial charge on any atom is 0.415 e. The molecule has 0 saturated heterocycles. The van der Waals surface area contributed by atoms with Crippen molar-refractivity contribution in [3.63, 3.8) is 0 Å². The number of anilines is 1. The average Bonchev–Trinajstić information content (AvgIpc) is 2.34. The monoisotopic (exact) mass is 275 g/mol. The van der Waals surface area contributed by atoms with Crippen LogP contribution in [0.5, 0.6) is 0 Å². The minimum Gasteiger partial charge on any atom is -0.443 e. The summed E-state index contributed by atoms with van der Waals surface area (Å²) in [6.45, 7) is 9.22. The number of amides is 1. The molecule has 0 fully saturated rings. The standard InChI is InChI=1S/C16H21NO3/c1-10-11(2)17(15(19)20-16(3,4)5)13-9-7-6-8-12(13)14(10)18/h6-11H,1-5H3. The fraction of sp³-hybridized carbons (Fsp3) is 0.500. The van der Waals surface area contributed by atoms with E-state index in [9.17, 15) is 9.59 Å². The van der Waals surface area contributed by atoms with Gasteiger partial charge in [0.05, 0.1) is 5.69 Å². The molecule has 1 aromatic carbocycles. The highest BCUT2D eigenvalue weighted by Crippen LogP contribution is 2.34.